The highest BCUT2D eigenvalue weighted by Crippen LogP contribution is 2.25. The molecule has 0 bridgehead atoms. The Morgan fingerprint density at radius 2 is 2.39 bits per heavy atom. The summed E-state index contributed by atoms with van der Waals surface area (Å²) in [6.45, 7) is 4.42. The SMILES string of the molecule is CC1OCCC1(C)NC(=O)c1nc(C(=O)O)cs1. The maximum Gasteiger partial charge on any atom is 0.355 e. The number of carboxylic acids is 1. The second kappa shape index (κ2) is 4.66. The molecule has 0 aliphatic carbocycles. The predicted octanol–water partition coefficient (Wildman–Crippen LogP) is 1.14. The molecule has 2 unspecified atom stereocenters. The van der Waals surface area contributed by atoms with Gasteiger partial charge in [0, 0.05) is 12.0 Å². The van der Waals surface area contributed by atoms with Gasteiger partial charge in [0.25, 0.3) is 5.91 Å². The molecule has 1 aromatic heterocycles. The predicted molar refractivity (Wildman–Crippen MR) is 65.0 cm³/mol. The van der Waals surface area contributed by atoms with Crippen LogP contribution < -0.4 is 5.32 Å². The lowest BCUT2D eigenvalue weighted by atomic mass is 9.95. The van der Waals surface area contributed by atoms with E-state index in [1.54, 1.807) is 0 Å². The lowest BCUT2D eigenvalue weighted by Gasteiger charge is -2.28. The average Bonchev–Trinajstić information content (AvgIpc) is 2.87. The van der Waals surface area contributed by atoms with Crippen molar-refractivity contribution in [3.8, 4) is 0 Å². The number of aromatic nitrogens is 1. The summed E-state index contributed by atoms with van der Waals surface area (Å²) >= 11 is 1.02. The molecule has 7 heteroatoms. The van der Waals surface area contributed by atoms with E-state index >= 15 is 0 Å². The summed E-state index contributed by atoms with van der Waals surface area (Å²) in [5.41, 5.74) is -0.530. The largest absolute Gasteiger partial charge is 0.476 e. The molecule has 1 fully saturated rings. The van der Waals surface area contributed by atoms with E-state index in [9.17, 15) is 9.59 Å². The number of amides is 1. The van der Waals surface area contributed by atoms with E-state index < -0.39 is 11.5 Å². The molecular formula is C11H14N2O4S. The normalized spacial score (nSPS) is 27.1. The van der Waals surface area contributed by atoms with Crippen molar-refractivity contribution in [2.24, 2.45) is 0 Å². The Morgan fingerprint density at radius 1 is 1.67 bits per heavy atom. The van der Waals surface area contributed by atoms with Crippen LogP contribution in [-0.4, -0.2) is 40.2 Å². The Labute approximate surface area is 108 Å². The number of hydrogen-bond acceptors (Lipinski definition) is 5. The Kier molecular flexibility index (Phi) is 3.36. The monoisotopic (exact) mass is 270 g/mol. The topological polar surface area (TPSA) is 88.5 Å². The minimum atomic E-state index is -1.13. The number of carboxylic acid groups (broad SMARTS) is 1. The number of hydrogen-bond donors (Lipinski definition) is 2. The van der Waals surface area contributed by atoms with E-state index in [2.05, 4.69) is 10.3 Å². The van der Waals surface area contributed by atoms with Gasteiger partial charge in [0.05, 0.1) is 11.6 Å². The fraction of sp³-hybridized carbons (Fsp3) is 0.545. The van der Waals surface area contributed by atoms with Gasteiger partial charge in [-0.2, -0.15) is 0 Å². The first-order chi connectivity index (χ1) is 8.42. The van der Waals surface area contributed by atoms with Crippen molar-refractivity contribution < 1.29 is 19.4 Å². The summed E-state index contributed by atoms with van der Waals surface area (Å²) in [6.07, 6.45) is 0.664. The molecule has 2 N–H and O–H groups in total. The van der Waals surface area contributed by atoms with Crippen LogP contribution in [0.15, 0.2) is 5.38 Å². The van der Waals surface area contributed by atoms with Crippen molar-refractivity contribution in [2.45, 2.75) is 31.9 Å². The molecule has 2 rings (SSSR count). The maximum absolute atomic E-state index is 12.0. The smallest absolute Gasteiger partial charge is 0.355 e. The van der Waals surface area contributed by atoms with Gasteiger partial charge in [-0.1, -0.05) is 0 Å². The molecule has 98 valence electrons. The zero-order valence-electron chi connectivity index (χ0n) is 10.1. The molecule has 0 spiro atoms. The maximum atomic E-state index is 12.0. The van der Waals surface area contributed by atoms with Crippen LogP contribution in [-0.2, 0) is 4.74 Å². The third-order valence-corrected chi connectivity index (χ3v) is 4.04. The molecule has 1 saturated heterocycles. The fourth-order valence-corrected chi connectivity index (χ4v) is 2.47. The van der Waals surface area contributed by atoms with Gasteiger partial charge in [-0.05, 0) is 20.3 Å². The van der Waals surface area contributed by atoms with Crippen molar-refractivity contribution in [2.75, 3.05) is 6.61 Å². The van der Waals surface area contributed by atoms with Crippen LogP contribution in [0.5, 0.6) is 0 Å². The van der Waals surface area contributed by atoms with E-state index in [1.165, 1.54) is 5.38 Å². The Bertz CT molecular complexity index is 487. The van der Waals surface area contributed by atoms with Crippen LogP contribution in [0.1, 0.15) is 40.6 Å². The molecule has 1 aromatic rings. The molecule has 2 heterocycles. The van der Waals surface area contributed by atoms with Crippen LogP contribution >= 0.6 is 11.3 Å². The van der Waals surface area contributed by atoms with Crippen molar-refractivity contribution in [3.05, 3.63) is 16.1 Å². The Hall–Kier alpha value is -1.47. The molecule has 0 aromatic carbocycles. The van der Waals surface area contributed by atoms with E-state index in [-0.39, 0.29) is 22.7 Å². The number of nitrogens with one attached hydrogen (secondary N) is 1. The van der Waals surface area contributed by atoms with Gasteiger partial charge >= 0.3 is 5.97 Å². The van der Waals surface area contributed by atoms with Gasteiger partial charge in [0.15, 0.2) is 10.7 Å². The molecule has 6 nitrogen and oxygen atoms in total. The van der Waals surface area contributed by atoms with Crippen LogP contribution in [0.4, 0.5) is 0 Å². The molecule has 2 atom stereocenters. The van der Waals surface area contributed by atoms with Crippen LogP contribution in [0, 0.1) is 0 Å². The minimum absolute atomic E-state index is 0.0691. The second-order valence-corrected chi connectivity index (χ2v) is 5.34. The van der Waals surface area contributed by atoms with E-state index in [0.29, 0.717) is 6.61 Å². The summed E-state index contributed by atoms with van der Waals surface area (Å²) in [4.78, 5) is 26.4. The molecule has 1 aliphatic heterocycles. The number of carbonyl (C=O) groups excluding carboxylic acids is 1. The number of aromatic carboxylic acids is 1. The lowest BCUT2D eigenvalue weighted by molar-refractivity contribution is 0.0691. The Balaban J connectivity index is 2.09. The summed E-state index contributed by atoms with van der Waals surface area (Å²) < 4.78 is 5.42. The summed E-state index contributed by atoms with van der Waals surface area (Å²) in [5, 5.41) is 13.1. The molecule has 1 aliphatic rings. The standard InChI is InChI=1S/C11H14N2O4S/c1-6-11(2,3-4-17-6)13-8(14)9-12-7(5-18-9)10(15)16/h5-6H,3-4H2,1-2H3,(H,13,14)(H,15,16). The first kappa shape index (κ1) is 13.0. The van der Waals surface area contributed by atoms with Gasteiger partial charge in [0.2, 0.25) is 0 Å². The number of thiazole rings is 1. The highest BCUT2D eigenvalue weighted by Gasteiger charge is 2.38. The number of nitrogens with zero attached hydrogens (tertiary/aromatic N) is 1. The fourth-order valence-electron chi connectivity index (χ4n) is 1.79. The highest BCUT2D eigenvalue weighted by molar-refractivity contribution is 7.11. The summed E-state index contributed by atoms with van der Waals surface area (Å²) in [7, 11) is 0. The summed E-state index contributed by atoms with van der Waals surface area (Å²) in [5.74, 6) is -1.48. The minimum Gasteiger partial charge on any atom is -0.476 e. The van der Waals surface area contributed by atoms with Crippen LogP contribution in [0.2, 0.25) is 0 Å². The number of rotatable bonds is 3. The molecule has 0 saturated carbocycles. The van der Waals surface area contributed by atoms with Crippen molar-refractivity contribution in [1.29, 1.82) is 0 Å². The Morgan fingerprint density at radius 3 is 2.89 bits per heavy atom. The lowest BCUT2D eigenvalue weighted by Crippen LogP contribution is -2.50. The van der Waals surface area contributed by atoms with Crippen molar-refractivity contribution in [1.82, 2.24) is 10.3 Å². The van der Waals surface area contributed by atoms with E-state index in [1.807, 2.05) is 13.8 Å². The zero-order valence-corrected chi connectivity index (χ0v) is 10.9. The van der Waals surface area contributed by atoms with Crippen molar-refractivity contribution in [3.63, 3.8) is 0 Å². The second-order valence-electron chi connectivity index (χ2n) is 4.48. The molecule has 1 amide bonds. The molecular weight excluding hydrogens is 256 g/mol. The van der Waals surface area contributed by atoms with Crippen LogP contribution in [0.25, 0.3) is 0 Å². The van der Waals surface area contributed by atoms with E-state index in [4.69, 9.17) is 9.84 Å². The average molecular weight is 270 g/mol. The number of ether oxygens (including phenoxy) is 1. The van der Waals surface area contributed by atoms with Crippen LogP contribution in [0.3, 0.4) is 0 Å². The van der Waals surface area contributed by atoms with Gasteiger partial charge in [-0.25, -0.2) is 9.78 Å². The molecule has 0 radical (unpaired) electrons. The van der Waals surface area contributed by atoms with Crippen molar-refractivity contribution >= 4 is 23.2 Å². The third kappa shape index (κ3) is 2.37. The van der Waals surface area contributed by atoms with Gasteiger partial charge in [-0.3, -0.25) is 4.79 Å². The zero-order chi connectivity index (χ0) is 13.3. The highest BCUT2D eigenvalue weighted by atomic mass is 32.1. The quantitative estimate of drug-likeness (QED) is 0.859. The van der Waals surface area contributed by atoms with Gasteiger partial charge in [-0.15, -0.1) is 11.3 Å². The van der Waals surface area contributed by atoms with E-state index in [0.717, 1.165) is 17.8 Å². The van der Waals surface area contributed by atoms with Gasteiger partial charge < -0.3 is 15.2 Å². The molecule has 18 heavy (non-hydrogen) atoms. The first-order valence-corrected chi connectivity index (χ1v) is 6.43. The third-order valence-electron chi connectivity index (χ3n) is 3.20. The van der Waals surface area contributed by atoms with Gasteiger partial charge in [0.1, 0.15) is 0 Å². The first-order valence-electron chi connectivity index (χ1n) is 5.55. The summed E-state index contributed by atoms with van der Waals surface area (Å²) in [6, 6.07) is 0. The number of carbonyl (C=O) groups is 2.